The van der Waals surface area contributed by atoms with Crippen molar-refractivity contribution in [2.45, 2.75) is 0 Å². The molecule has 0 unspecified atom stereocenters. The van der Waals surface area contributed by atoms with E-state index < -0.39 is 0 Å². The van der Waals surface area contributed by atoms with Gasteiger partial charge in [-0.05, 0) is 18.2 Å². The number of methoxy groups -OCH3 is 1. The highest BCUT2D eigenvalue weighted by Gasteiger charge is 1.98. The Kier molecular flexibility index (Phi) is 2.73. The van der Waals surface area contributed by atoms with Crippen LogP contribution in [0.5, 0.6) is 0 Å². The Morgan fingerprint density at radius 1 is 1.33 bits per heavy atom. The number of aromatic nitrogens is 2. The minimum atomic E-state index is -0.181. The van der Waals surface area contributed by atoms with Crippen LogP contribution in [-0.4, -0.2) is 30.2 Å². The molecular formula is C10H13N3O2. The molecular weight excluding hydrogens is 194 g/mol. The number of aromatic amines is 2. The van der Waals surface area contributed by atoms with Crippen LogP contribution in [0.15, 0.2) is 23.0 Å². The van der Waals surface area contributed by atoms with Gasteiger partial charge in [-0.1, -0.05) is 0 Å². The van der Waals surface area contributed by atoms with E-state index in [1.54, 1.807) is 7.11 Å². The van der Waals surface area contributed by atoms with Gasteiger partial charge >= 0.3 is 5.69 Å². The van der Waals surface area contributed by atoms with Crippen molar-refractivity contribution >= 4 is 16.7 Å². The fourth-order valence-corrected chi connectivity index (χ4v) is 1.44. The molecule has 1 aromatic carbocycles. The van der Waals surface area contributed by atoms with Crippen molar-refractivity contribution in [2.24, 2.45) is 0 Å². The van der Waals surface area contributed by atoms with E-state index in [1.807, 2.05) is 18.2 Å². The van der Waals surface area contributed by atoms with E-state index in [0.717, 1.165) is 23.3 Å². The molecule has 15 heavy (non-hydrogen) atoms. The van der Waals surface area contributed by atoms with E-state index in [4.69, 9.17) is 4.74 Å². The number of imidazole rings is 1. The van der Waals surface area contributed by atoms with Crippen LogP contribution in [0.2, 0.25) is 0 Å². The number of rotatable bonds is 4. The lowest BCUT2D eigenvalue weighted by Crippen LogP contribution is -2.07. The lowest BCUT2D eigenvalue weighted by molar-refractivity contribution is 0.211. The smallest absolute Gasteiger partial charge is 0.323 e. The fourth-order valence-electron chi connectivity index (χ4n) is 1.44. The van der Waals surface area contributed by atoms with Gasteiger partial charge in [-0.2, -0.15) is 0 Å². The highest BCUT2D eigenvalue weighted by atomic mass is 16.5. The number of fused-ring (bicyclic) bond motifs is 1. The van der Waals surface area contributed by atoms with Crippen LogP contribution >= 0.6 is 0 Å². The molecule has 0 spiro atoms. The topological polar surface area (TPSA) is 69.9 Å². The second kappa shape index (κ2) is 4.18. The summed E-state index contributed by atoms with van der Waals surface area (Å²) in [4.78, 5) is 16.4. The average molecular weight is 207 g/mol. The van der Waals surface area contributed by atoms with E-state index >= 15 is 0 Å². The van der Waals surface area contributed by atoms with Crippen molar-refractivity contribution < 1.29 is 4.74 Å². The first-order chi connectivity index (χ1) is 7.29. The number of hydrogen-bond acceptors (Lipinski definition) is 3. The predicted molar refractivity (Wildman–Crippen MR) is 59.3 cm³/mol. The Bertz CT molecular complexity index is 501. The van der Waals surface area contributed by atoms with Gasteiger partial charge in [-0.25, -0.2) is 4.79 Å². The van der Waals surface area contributed by atoms with E-state index in [0.29, 0.717) is 6.61 Å². The quantitative estimate of drug-likeness (QED) is 0.653. The van der Waals surface area contributed by atoms with Crippen LogP contribution in [-0.2, 0) is 4.74 Å². The van der Waals surface area contributed by atoms with E-state index in [2.05, 4.69) is 15.3 Å². The van der Waals surface area contributed by atoms with Crippen LogP contribution in [0.4, 0.5) is 5.69 Å². The molecule has 5 nitrogen and oxygen atoms in total. The second-order valence-corrected chi connectivity index (χ2v) is 3.26. The van der Waals surface area contributed by atoms with Gasteiger partial charge in [-0.3, -0.25) is 0 Å². The summed E-state index contributed by atoms with van der Waals surface area (Å²) in [5.74, 6) is 0. The molecule has 1 heterocycles. The zero-order valence-electron chi connectivity index (χ0n) is 8.46. The zero-order valence-corrected chi connectivity index (χ0v) is 8.46. The normalized spacial score (nSPS) is 10.7. The van der Waals surface area contributed by atoms with Crippen molar-refractivity contribution in [2.75, 3.05) is 25.6 Å². The van der Waals surface area contributed by atoms with Gasteiger partial charge in [0.15, 0.2) is 0 Å². The highest BCUT2D eigenvalue weighted by molar-refractivity contribution is 5.78. The van der Waals surface area contributed by atoms with Crippen LogP contribution in [0.3, 0.4) is 0 Å². The van der Waals surface area contributed by atoms with Crippen molar-refractivity contribution in [3.63, 3.8) is 0 Å². The number of hydrogen-bond donors (Lipinski definition) is 3. The fraction of sp³-hybridized carbons (Fsp3) is 0.300. The Balaban J connectivity index is 2.19. The van der Waals surface area contributed by atoms with Crippen LogP contribution in [0.25, 0.3) is 11.0 Å². The Morgan fingerprint density at radius 2 is 2.13 bits per heavy atom. The third-order valence-electron chi connectivity index (χ3n) is 2.15. The molecule has 0 radical (unpaired) electrons. The van der Waals surface area contributed by atoms with Gasteiger partial charge in [0.1, 0.15) is 0 Å². The van der Waals surface area contributed by atoms with Crippen LogP contribution < -0.4 is 11.0 Å². The first kappa shape index (κ1) is 9.79. The van der Waals surface area contributed by atoms with Gasteiger partial charge in [0.2, 0.25) is 0 Å². The average Bonchev–Trinajstić information content (AvgIpc) is 2.57. The first-order valence-corrected chi connectivity index (χ1v) is 4.74. The number of H-pyrrole nitrogens is 2. The maximum Gasteiger partial charge on any atom is 0.323 e. The summed E-state index contributed by atoms with van der Waals surface area (Å²) < 4.78 is 4.93. The molecule has 0 aliphatic heterocycles. The van der Waals surface area contributed by atoms with Gasteiger partial charge in [0, 0.05) is 19.3 Å². The van der Waals surface area contributed by atoms with E-state index in [9.17, 15) is 4.79 Å². The first-order valence-electron chi connectivity index (χ1n) is 4.74. The molecule has 3 N–H and O–H groups in total. The van der Waals surface area contributed by atoms with Crippen molar-refractivity contribution in [1.82, 2.24) is 9.97 Å². The molecule has 0 bridgehead atoms. The predicted octanol–water partition coefficient (Wildman–Crippen LogP) is 0.914. The zero-order chi connectivity index (χ0) is 10.7. The van der Waals surface area contributed by atoms with Gasteiger partial charge < -0.3 is 20.0 Å². The van der Waals surface area contributed by atoms with Gasteiger partial charge in [0.05, 0.1) is 17.6 Å². The van der Waals surface area contributed by atoms with Gasteiger partial charge in [-0.15, -0.1) is 0 Å². The van der Waals surface area contributed by atoms with Crippen molar-refractivity contribution in [3.8, 4) is 0 Å². The monoisotopic (exact) mass is 207 g/mol. The molecule has 2 rings (SSSR count). The van der Waals surface area contributed by atoms with Gasteiger partial charge in [0.25, 0.3) is 0 Å². The molecule has 0 atom stereocenters. The number of benzene rings is 1. The molecule has 0 aliphatic rings. The lowest BCUT2D eigenvalue weighted by Gasteiger charge is -2.04. The molecule has 5 heteroatoms. The minimum absolute atomic E-state index is 0.181. The Morgan fingerprint density at radius 3 is 2.93 bits per heavy atom. The van der Waals surface area contributed by atoms with E-state index in [-0.39, 0.29) is 5.69 Å². The molecule has 80 valence electrons. The number of ether oxygens (including phenoxy) is 1. The second-order valence-electron chi connectivity index (χ2n) is 3.26. The lowest BCUT2D eigenvalue weighted by atomic mass is 10.3. The summed E-state index contributed by atoms with van der Waals surface area (Å²) in [7, 11) is 1.66. The summed E-state index contributed by atoms with van der Waals surface area (Å²) in [5.41, 5.74) is 2.41. The largest absolute Gasteiger partial charge is 0.383 e. The Labute approximate surface area is 86.5 Å². The molecule has 0 aliphatic carbocycles. The highest BCUT2D eigenvalue weighted by Crippen LogP contribution is 2.13. The molecule has 0 fully saturated rings. The SMILES string of the molecule is COCCNc1ccc2[nH]c(=O)[nH]c2c1. The Hall–Kier alpha value is -1.75. The summed E-state index contributed by atoms with van der Waals surface area (Å²) in [6.07, 6.45) is 0. The summed E-state index contributed by atoms with van der Waals surface area (Å²) >= 11 is 0. The molecule has 0 saturated carbocycles. The van der Waals surface area contributed by atoms with Crippen LogP contribution in [0.1, 0.15) is 0 Å². The number of nitrogens with one attached hydrogen (secondary N) is 3. The standard InChI is InChI=1S/C10H13N3O2/c1-15-5-4-11-7-2-3-8-9(6-7)13-10(14)12-8/h2-3,6,11H,4-5H2,1H3,(H2,12,13,14). The maximum atomic E-state index is 11.0. The number of anilines is 1. The third kappa shape index (κ3) is 2.19. The molecule has 2 aromatic rings. The molecule has 0 saturated heterocycles. The van der Waals surface area contributed by atoms with E-state index in [1.165, 1.54) is 0 Å². The summed E-state index contributed by atoms with van der Waals surface area (Å²) in [6, 6.07) is 5.67. The maximum absolute atomic E-state index is 11.0. The van der Waals surface area contributed by atoms with Crippen molar-refractivity contribution in [3.05, 3.63) is 28.7 Å². The molecule has 0 amide bonds. The summed E-state index contributed by atoms with van der Waals surface area (Å²) in [5, 5.41) is 3.19. The summed E-state index contributed by atoms with van der Waals surface area (Å²) in [6.45, 7) is 1.40. The van der Waals surface area contributed by atoms with Crippen molar-refractivity contribution in [1.29, 1.82) is 0 Å². The minimum Gasteiger partial charge on any atom is -0.383 e. The molecule has 1 aromatic heterocycles. The third-order valence-corrected chi connectivity index (χ3v) is 2.15. The van der Waals surface area contributed by atoms with Crippen LogP contribution in [0, 0.1) is 0 Å².